The predicted molar refractivity (Wildman–Crippen MR) is 87.5 cm³/mol. The molecule has 1 aromatic rings. The number of ether oxygens (including phenoxy) is 1. The highest BCUT2D eigenvalue weighted by Crippen LogP contribution is 2.28. The first kappa shape index (κ1) is 19.0. The Balaban J connectivity index is 1.62. The largest absolute Gasteiger partial charge is 0.406 e. The molecule has 3 rings (SSSR count). The molecule has 2 atom stereocenters. The van der Waals surface area contributed by atoms with Crippen LogP contribution >= 0.6 is 11.6 Å². The first-order valence-corrected chi connectivity index (χ1v) is 8.61. The number of hydrogen-bond acceptors (Lipinski definition) is 3. The molecule has 0 N–H and O–H groups in total. The lowest BCUT2D eigenvalue weighted by atomic mass is 10.0. The van der Waals surface area contributed by atoms with Crippen LogP contribution in [0.15, 0.2) is 24.3 Å². The van der Waals surface area contributed by atoms with Crippen molar-refractivity contribution in [1.82, 2.24) is 9.80 Å². The maximum Gasteiger partial charge on any atom is 0.406 e. The average molecular weight is 391 g/mol. The molecule has 0 radical (unpaired) electrons. The summed E-state index contributed by atoms with van der Waals surface area (Å²) in [4.78, 5) is 26.7. The lowest BCUT2D eigenvalue weighted by Gasteiger charge is -2.34. The smallest absolute Gasteiger partial charge is 0.370 e. The molecule has 0 aromatic heterocycles. The normalized spacial score (nSPS) is 24.2. The molecule has 2 aliphatic heterocycles. The summed E-state index contributed by atoms with van der Waals surface area (Å²) < 4.78 is 43.2. The van der Waals surface area contributed by atoms with Crippen molar-refractivity contribution in [3.8, 4) is 0 Å². The number of alkyl halides is 3. The lowest BCUT2D eigenvalue weighted by molar-refractivity contribution is -0.157. The van der Waals surface area contributed by atoms with Gasteiger partial charge in [-0.2, -0.15) is 13.2 Å². The zero-order valence-electron chi connectivity index (χ0n) is 13.8. The minimum atomic E-state index is -4.47. The van der Waals surface area contributed by atoms with Gasteiger partial charge in [0.2, 0.25) is 11.8 Å². The summed E-state index contributed by atoms with van der Waals surface area (Å²) in [5.74, 6) is -1.68. The van der Waals surface area contributed by atoms with E-state index in [-0.39, 0.29) is 25.0 Å². The van der Waals surface area contributed by atoms with Gasteiger partial charge in [-0.15, -0.1) is 0 Å². The molecule has 2 amide bonds. The molecular weight excluding hydrogens is 373 g/mol. The number of nitrogens with zero attached hydrogens (tertiary/aromatic N) is 2. The third-order valence-corrected chi connectivity index (χ3v) is 4.81. The molecule has 2 heterocycles. The molecular formula is C17H18ClF3N2O3. The van der Waals surface area contributed by atoms with Gasteiger partial charge >= 0.3 is 6.18 Å². The zero-order valence-corrected chi connectivity index (χ0v) is 14.6. The molecule has 2 aliphatic rings. The van der Waals surface area contributed by atoms with E-state index >= 15 is 0 Å². The summed E-state index contributed by atoms with van der Waals surface area (Å²) in [7, 11) is 0. The molecule has 5 nitrogen and oxygen atoms in total. The van der Waals surface area contributed by atoms with Gasteiger partial charge in [0.25, 0.3) is 0 Å². The maximum atomic E-state index is 12.7. The monoisotopic (exact) mass is 390 g/mol. The van der Waals surface area contributed by atoms with Crippen molar-refractivity contribution in [3.05, 3.63) is 34.9 Å². The minimum Gasteiger partial charge on any atom is -0.370 e. The van der Waals surface area contributed by atoms with E-state index in [1.807, 2.05) is 12.1 Å². The topological polar surface area (TPSA) is 49.9 Å². The van der Waals surface area contributed by atoms with Crippen LogP contribution in [0.1, 0.15) is 18.1 Å². The van der Waals surface area contributed by atoms with Crippen molar-refractivity contribution in [2.24, 2.45) is 5.92 Å². The Bertz CT molecular complexity index is 681. The summed E-state index contributed by atoms with van der Waals surface area (Å²) in [5.41, 5.74) is 0.869. The molecule has 1 aromatic carbocycles. The van der Waals surface area contributed by atoms with Gasteiger partial charge in [0, 0.05) is 24.5 Å². The number of halogens is 4. The van der Waals surface area contributed by atoms with Gasteiger partial charge in [-0.25, -0.2) is 0 Å². The standard InChI is InChI=1S/C17H18ClF3N2O3/c18-13-3-1-11(2-4-13)14-9-22(5-6-26-14)16(25)12-7-15(24)23(8-12)10-17(19,20)21/h1-4,12,14H,5-10H2. The number of likely N-dealkylation sites (tertiary alicyclic amines) is 1. The summed E-state index contributed by atoms with van der Waals surface area (Å²) in [6, 6.07) is 7.08. The molecule has 0 spiro atoms. The van der Waals surface area contributed by atoms with Crippen molar-refractivity contribution in [2.75, 3.05) is 32.8 Å². The van der Waals surface area contributed by atoms with E-state index in [0.717, 1.165) is 5.56 Å². The van der Waals surface area contributed by atoms with Crippen molar-refractivity contribution in [2.45, 2.75) is 18.7 Å². The van der Waals surface area contributed by atoms with Gasteiger partial charge in [0.15, 0.2) is 0 Å². The molecule has 26 heavy (non-hydrogen) atoms. The fourth-order valence-corrected chi connectivity index (χ4v) is 3.42. The van der Waals surface area contributed by atoms with Crippen LogP contribution in [0.2, 0.25) is 5.02 Å². The van der Waals surface area contributed by atoms with E-state index in [4.69, 9.17) is 16.3 Å². The fraction of sp³-hybridized carbons (Fsp3) is 0.529. The van der Waals surface area contributed by atoms with Crippen LogP contribution in [0.5, 0.6) is 0 Å². The highest BCUT2D eigenvalue weighted by atomic mass is 35.5. The first-order valence-electron chi connectivity index (χ1n) is 8.23. The quantitative estimate of drug-likeness (QED) is 0.797. The molecule has 142 valence electrons. The van der Waals surface area contributed by atoms with E-state index in [1.165, 1.54) is 0 Å². The third kappa shape index (κ3) is 4.48. The van der Waals surface area contributed by atoms with Crippen molar-refractivity contribution >= 4 is 23.4 Å². The number of hydrogen-bond donors (Lipinski definition) is 0. The Morgan fingerprint density at radius 2 is 1.92 bits per heavy atom. The Morgan fingerprint density at radius 1 is 1.23 bits per heavy atom. The van der Waals surface area contributed by atoms with Gasteiger partial charge in [-0.1, -0.05) is 23.7 Å². The molecule has 0 saturated carbocycles. The van der Waals surface area contributed by atoms with Crippen LogP contribution in [0.3, 0.4) is 0 Å². The Morgan fingerprint density at radius 3 is 2.58 bits per heavy atom. The SMILES string of the molecule is O=C1CC(C(=O)N2CCOC(c3ccc(Cl)cc3)C2)CN1CC(F)(F)F. The number of carbonyl (C=O) groups is 2. The van der Waals surface area contributed by atoms with Gasteiger partial charge in [0.1, 0.15) is 12.6 Å². The summed E-state index contributed by atoms with van der Waals surface area (Å²) in [5, 5.41) is 0.590. The molecule has 2 fully saturated rings. The maximum absolute atomic E-state index is 12.7. The number of rotatable bonds is 3. The van der Waals surface area contributed by atoms with Crippen molar-refractivity contribution < 1.29 is 27.5 Å². The predicted octanol–water partition coefficient (Wildman–Crippen LogP) is 2.65. The second-order valence-electron chi connectivity index (χ2n) is 6.49. The van der Waals surface area contributed by atoms with Crippen LogP contribution in [-0.4, -0.2) is 60.6 Å². The highest BCUT2D eigenvalue weighted by molar-refractivity contribution is 6.30. The third-order valence-electron chi connectivity index (χ3n) is 4.55. The summed E-state index contributed by atoms with van der Waals surface area (Å²) in [6.07, 6.45) is -4.97. The number of carbonyl (C=O) groups excluding carboxylic acids is 2. The van der Waals surface area contributed by atoms with Gasteiger partial charge in [0.05, 0.1) is 19.1 Å². The van der Waals surface area contributed by atoms with Crippen LogP contribution in [-0.2, 0) is 14.3 Å². The van der Waals surface area contributed by atoms with Gasteiger partial charge < -0.3 is 14.5 Å². The second kappa shape index (κ2) is 7.44. The Labute approximate surface area is 153 Å². The van der Waals surface area contributed by atoms with E-state index < -0.39 is 24.5 Å². The summed E-state index contributed by atoms with van der Waals surface area (Å²) >= 11 is 5.87. The highest BCUT2D eigenvalue weighted by Gasteiger charge is 2.42. The zero-order chi connectivity index (χ0) is 18.9. The van der Waals surface area contributed by atoms with Crippen molar-refractivity contribution in [3.63, 3.8) is 0 Å². The minimum absolute atomic E-state index is 0.183. The summed E-state index contributed by atoms with van der Waals surface area (Å²) in [6.45, 7) is -0.532. The first-order chi connectivity index (χ1) is 12.2. The van der Waals surface area contributed by atoms with Crippen LogP contribution in [0.4, 0.5) is 13.2 Å². The van der Waals surface area contributed by atoms with E-state index in [0.29, 0.717) is 29.6 Å². The Kier molecular flexibility index (Phi) is 5.43. The molecule has 0 aliphatic carbocycles. The van der Waals surface area contributed by atoms with E-state index in [1.54, 1.807) is 17.0 Å². The van der Waals surface area contributed by atoms with Crippen LogP contribution < -0.4 is 0 Å². The van der Waals surface area contributed by atoms with Gasteiger partial charge in [-0.05, 0) is 17.7 Å². The molecule has 9 heteroatoms. The number of benzene rings is 1. The Hall–Kier alpha value is -1.80. The lowest BCUT2D eigenvalue weighted by Crippen LogP contribution is -2.45. The van der Waals surface area contributed by atoms with Crippen LogP contribution in [0.25, 0.3) is 0 Å². The second-order valence-corrected chi connectivity index (χ2v) is 6.92. The van der Waals surface area contributed by atoms with E-state index in [2.05, 4.69) is 0 Å². The average Bonchev–Trinajstić information content (AvgIpc) is 2.94. The molecule has 0 bridgehead atoms. The molecule has 2 unspecified atom stereocenters. The van der Waals surface area contributed by atoms with E-state index in [9.17, 15) is 22.8 Å². The van der Waals surface area contributed by atoms with Gasteiger partial charge in [-0.3, -0.25) is 9.59 Å². The van der Waals surface area contributed by atoms with Crippen LogP contribution in [0, 0.1) is 5.92 Å². The number of morpholine rings is 1. The van der Waals surface area contributed by atoms with Crippen molar-refractivity contribution in [1.29, 1.82) is 0 Å². The fourth-order valence-electron chi connectivity index (χ4n) is 3.29. The number of amides is 2. The molecule has 2 saturated heterocycles.